The minimum atomic E-state index is -0.528. The topological polar surface area (TPSA) is 61.7 Å². The summed E-state index contributed by atoms with van der Waals surface area (Å²) in [6, 6.07) is 0. The van der Waals surface area contributed by atoms with Crippen LogP contribution in [-0.2, 0) is 4.79 Å². The summed E-state index contributed by atoms with van der Waals surface area (Å²) in [7, 11) is 1.55. The Labute approximate surface area is 99.4 Å². The van der Waals surface area contributed by atoms with Gasteiger partial charge in [-0.05, 0) is 11.7 Å². The van der Waals surface area contributed by atoms with Crippen molar-refractivity contribution in [2.24, 2.45) is 16.5 Å². The summed E-state index contributed by atoms with van der Waals surface area (Å²) >= 11 is 7.07. The molecule has 4 nitrogen and oxygen atoms in total. The monoisotopic (exact) mass is 252 g/mol. The van der Waals surface area contributed by atoms with Gasteiger partial charge in [0.1, 0.15) is 5.04 Å². The number of carbonyl (C=O) groups excluding carboxylic acids is 1. The summed E-state index contributed by atoms with van der Waals surface area (Å²) in [5.74, 6) is -0.409. The van der Waals surface area contributed by atoms with E-state index in [1.165, 1.54) is 11.8 Å². The van der Waals surface area contributed by atoms with E-state index < -0.39 is 11.3 Å². The maximum atomic E-state index is 11.7. The molecule has 2 N–H and O–H groups in total. The number of halogens is 1. The molecule has 0 radical (unpaired) electrons. The van der Waals surface area contributed by atoms with Crippen molar-refractivity contribution in [1.29, 1.82) is 0 Å². The van der Waals surface area contributed by atoms with Gasteiger partial charge in [0.05, 0.1) is 5.92 Å². The van der Waals surface area contributed by atoms with E-state index >= 15 is 0 Å². The van der Waals surface area contributed by atoms with Crippen LogP contribution in [0.15, 0.2) is 5.16 Å². The highest BCUT2D eigenvalue weighted by Gasteiger charge is 2.38. The molecule has 0 spiro atoms. The van der Waals surface area contributed by atoms with Crippen LogP contribution >= 0.6 is 23.4 Å². The molecule has 0 bridgehead atoms. The van der Waals surface area contributed by atoms with Crippen LogP contribution < -0.4 is 5.32 Å². The van der Waals surface area contributed by atoms with Crippen molar-refractivity contribution in [3.05, 3.63) is 0 Å². The molecule has 15 heavy (non-hydrogen) atoms. The lowest BCUT2D eigenvalue weighted by Crippen LogP contribution is -2.42. The van der Waals surface area contributed by atoms with Crippen LogP contribution in [-0.4, -0.2) is 35.3 Å². The summed E-state index contributed by atoms with van der Waals surface area (Å²) in [6.45, 7) is 3.72. The van der Waals surface area contributed by atoms with Gasteiger partial charge in [0.25, 0.3) is 0 Å². The number of carbonyl (C=O) groups is 1. The Hall–Kier alpha value is -0.420. The predicted octanol–water partition coefficient (Wildman–Crippen LogP) is 1.76. The lowest BCUT2D eigenvalue weighted by molar-refractivity contribution is -0.124. The third kappa shape index (κ3) is 3.57. The normalized spacial score (nSPS) is 14.9. The van der Waals surface area contributed by atoms with Crippen molar-refractivity contribution >= 4 is 34.3 Å². The largest absolute Gasteiger partial charge is 0.410 e. The summed E-state index contributed by atoms with van der Waals surface area (Å²) in [5, 5.41) is 14.9. The first-order chi connectivity index (χ1) is 6.94. The number of hydrogen-bond acceptors (Lipinski definition) is 4. The minimum absolute atomic E-state index is 0.192. The zero-order chi connectivity index (χ0) is 12.1. The molecule has 0 heterocycles. The van der Waals surface area contributed by atoms with Gasteiger partial charge in [0.15, 0.2) is 0 Å². The lowest BCUT2D eigenvalue weighted by atomic mass is 9.80. The van der Waals surface area contributed by atoms with Crippen LogP contribution in [0.1, 0.15) is 13.8 Å². The second kappa shape index (κ2) is 6.23. The second-order valence-electron chi connectivity index (χ2n) is 3.81. The zero-order valence-corrected chi connectivity index (χ0v) is 10.9. The first-order valence-corrected chi connectivity index (χ1v) is 6.24. The highest BCUT2D eigenvalue weighted by molar-refractivity contribution is 8.13. The number of nitrogens with one attached hydrogen (secondary N) is 1. The fourth-order valence-electron chi connectivity index (χ4n) is 1.24. The molecule has 0 aliphatic heterocycles. The molecule has 0 saturated heterocycles. The van der Waals surface area contributed by atoms with Gasteiger partial charge in [-0.25, -0.2) is 0 Å². The third-order valence-electron chi connectivity index (χ3n) is 2.19. The van der Waals surface area contributed by atoms with Crippen molar-refractivity contribution in [2.75, 3.05) is 19.2 Å². The fourth-order valence-corrected chi connectivity index (χ4v) is 2.14. The number of amides is 1. The molecule has 1 unspecified atom stereocenters. The summed E-state index contributed by atoms with van der Waals surface area (Å²) in [6.07, 6.45) is 1.76. The van der Waals surface area contributed by atoms with Crippen molar-refractivity contribution in [3.8, 4) is 0 Å². The van der Waals surface area contributed by atoms with Crippen LogP contribution in [0, 0.1) is 11.3 Å². The van der Waals surface area contributed by atoms with Gasteiger partial charge in [-0.3, -0.25) is 4.79 Å². The summed E-state index contributed by atoms with van der Waals surface area (Å²) in [5.41, 5.74) is -0.452. The van der Waals surface area contributed by atoms with E-state index in [-0.39, 0.29) is 5.91 Å². The third-order valence-corrected chi connectivity index (χ3v) is 3.61. The molecule has 0 saturated carbocycles. The quantitative estimate of drug-likeness (QED) is 0.264. The Balaban J connectivity index is 5.14. The Morgan fingerprint density at radius 2 is 2.20 bits per heavy atom. The standard InChI is InChI=1S/C9H17ClN2O2S/c1-9(2,5-10)6(7(13)11-3)8(12-14)15-4/h6,14H,5H2,1-4H3,(H,11,13). The molecule has 0 aromatic heterocycles. The van der Waals surface area contributed by atoms with E-state index in [1.54, 1.807) is 13.3 Å². The maximum Gasteiger partial charge on any atom is 0.230 e. The molecule has 1 amide bonds. The van der Waals surface area contributed by atoms with Gasteiger partial charge in [-0.15, -0.1) is 23.4 Å². The number of hydrogen-bond donors (Lipinski definition) is 2. The summed E-state index contributed by atoms with van der Waals surface area (Å²) < 4.78 is 0. The van der Waals surface area contributed by atoms with Gasteiger partial charge in [-0.2, -0.15) is 0 Å². The van der Waals surface area contributed by atoms with E-state index in [4.69, 9.17) is 16.8 Å². The van der Waals surface area contributed by atoms with E-state index in [2.05, 4.69) is 10.5 Å². The maximum absolute atomic E-state index is 11.7. The van der Waals surface area contributed by atoms with Crippen molar-refractivity contribution < 1.29 is 10.0 Å². The second-order valence-corrected chi connectivity index (χ2v) is 4.91. The zero-order valence-electron chi connectivity index (χ0n) is 9.37. The first kappa shape index (κ1) is 14.6. The smallest absolute Gasteiger partial charge is 0.230 e. The number of thioether (sulfide) groups is 1. The molecule has 0 fully saturated rings. The average molecular weight is 253 g/mol. The molecular weight excluding hydrogens is 236 g/mol. The highest BCUT2D eigenvalue weighted by Crippen LogP contribution is 2.32. The molecule has 6 heteroatoms. The molecule has 1 atom stereocenters. The van der Waals surface area contributed by atoms with Gasteiger partial charge in [0, 0.05) is 12.9 Å². The minimum Gasteiger partial charge on any atom is -0.410 e. The Bertz CT molecular complexity index is 256. The Morgan fingerprint density at radius 3 is 2.47 bits per heavy atom. The van der Waals surface area contributed by atoms with E-state index in [1.807, 2.05) is 13.8 Å². The number of alkyl halides is 1. The molecule has 0 aliphatic carbocycles. The lowest BCUT2D eigenvalue weighted by Gasteiger charge is -2.30. The van der Waals surface area contributed by atoms with Crippen LogP contribution in [0.2, 0.25) is 0 Å². The fraction of sp³-hybridized carbons (Fsp3) is 0.778. The first-order valence-electron chi connectivity index (χ1n) is 4.48. The SMILES string of the molecule is CNC(=O)C(C(=NO)SC)C(C)(C)CCl. The number of rotatable bonds is 4. The van der Waals surface area contributed by atoms with Crippen molar-refractivity contribution in [1.82, 2.24) is 5.32 Å². The molecule has 0 aromatic rings. The Kier molecular flexibility index (Phi) is 6.05. The van der Waals surface area contributed by atoms with Gasteiger partial charge in [-0.1, -0.05) is 19.0 Å². The summed E-state index contributed by atoms with van der Waals surface area (Å²) in [4.78, 5) is 11.7. The van der Waals surface area contributed by atoms with E-state index in [9.17, 15) is 4.79 Å². The van der Waals surface area contributed by atoms with E-state index in [0.717, 1.165) is 0 Å². The van der Waals surface area contributed by atoms with Crippen LogP contribution in [0.25, 0.3) is 0 Å². The highest BCUT2D eigenvalue weighted by atomic mass is 35.5. The Morgan fingerprint density at radius 1 is 1.67 bits per heavy atom. The van der Waals surface area contributed by atoms with Gasteiger partial charge < -0.3 is 10.5 Å². The van der Waals surface area contributed by atoms with Gasteiger partial charge in [0.2, 0.25) is 5.91 Å². The number of oxime groups is 1. The van der Waals surface area contributed by atoms with Crippen molar-refractivity contribution in [2.45, 2.75) is 13.8 Å². The molecule has 88 valence electrons. The van der Waals surface area contributed by atoms with Crippen LogP contribution in [0.4, 0.5) is 0 Å². The number of nitrogens with zero attached hydrogens (tertiary/aromatic N) is 1. The molecule has 0 rings (SSSR count). The van der Waals surface area contributed by atoms with Crippen molar-refractivity contribution in [3.63, 3.8) is 0 Å². The van der Waals surface area contributed by atoms with Gasteiger partial charge >= 0.3 is 0 Å². The molecular formula is C9H17ClN2O2S. The predicted molar refractivity (Wildman–Crippen MR) is 64.8 cm³/mol. The molecule has 0 aromatic carbocycles. The van der Waals surface area contributed by atoms with Crippen LogP contribution in [0.5, 0.6) is 0 Å². The van der Waals surface area contributed by atoms with E-state index in [0.29, 0.717) is 10.9 Å². The molecule has 0 aliphatic rings. The average Bonchev–Trinajstić information content (AvgIpc) is 2.24. The van der Waals surface area contributed by atoms with Crippen LogP contribution in [0.3, 0.4) is 0 Å².